The Morgan fingerprint density at radius 2 is 2.24 bits per heavy atom. The molecule has 1 atom stereocenters. The van der Waals surface area contributed by atoms with Crippen LogP contribution in [0.5, 0.6) is 0 Å². The second-order valence-corrected chi connectivity index (χ2v) is 5.79. The van der Waals surface area contributed by atoms with Crippen LogP contribution in [0.15, 0.2) is 30.5 Å². The number of rotatable bonds is 3. The number of benzene rings is 1. The van der Waals surface area contributed by atoms with E-state index in [1.165, 1.54) is 16.8 Å². The zero-order valence-corrected chi connectivity index (χ0v) is 12.6. The third-order valence-corrected chi connectivity index (χ3v) is 4.32. The van der Waals surface area contributed by atoms with Crippen LogP contribution in [-0.4, -0.2) is 15.7 Å². The molecule has 1 unspecified atom stereocenters. The van der Waals surface area contributed by atoms with Gasteiger partial charge in [0.15, 0.2) is 0 Å². The van der Waals surface area contributed by atoms with Gasteiger partial charge in [0.1, 0.15) is 0 Å². The Morgan fingerprint density at radius 3 is 3.05 bits per heavy atom. The molecule has 0 spiro atoms. The summed E-state index contributed by atoms with van der Waals surface area (Å²) in [7, 11) is 1.97. The quantitative estimate of drug-likeness (QED) is 0.940. The van der Waals surface area contributed by atoms with Crippen molar-refractivity contribution in [1.82, 2.24) is 15.1 Å². The van der Waals surface area contributed by atoms with Crippen molar-refractivity contribution in [3.05, 3.63) is 52.8 Å². The Bertz CT molecular complexity index is 660. The van der Waals surface area contributed by atoms with Crippen molar-refractivity contribution in [1.29, 1.82) is 0 Å². The summed E-state index contributed by atoms with van der Waals surface area (Å²) >= 11 is 0. The first-order valence-electron chi connectivity index (χ1n) is 7.50. The number of fused-ring (bicyclic) bond motifs is 1. The molecule has 110 valence electrons. The summed E-state index contributed by atoms with van der Waals surface area (Å²) in [6, 6.07) is 8.15. The molecule has 3 rings (SSSR count). The summed E-state index contributed by atoms with van der Waals surface area (Å²) in [5.41, 5.74) is 4.69. The van der Waals surface area contributed by atoms with Gasteiger partial charge in [-0.15, -0.1) is 0 Å². The van der Waals surface area contributed by atoms with E-state index in [1.807, 2.05) is 49.1 Å². The van der Waals surface area contributed by atoms with Crippen molar-refractivity contribution in [3.8, 4) is 0 Å². The lowest BCUT2D eigenvalue weighted by Crippen LogP contribution is -2.32. The van der Waals surface area contributed by atoms with E-state index < -0.39 is 0 Å². The van der Waals surface area contributed by atoms with Crippen LogP contribution in [0.25, 0.3) is 0 Å². The third kappa shape index (κ3) is 2.84. The van der Waals surface area contributed by atoms with E-state index in [-0.39, 0.29) is 11.9 Å². The molecule has 4 nitrogen and oxygen atoms in total. The second kappa shape index (κ2) is 5.72. The molecule has 2 aromatic rings. The van der Waals surface area contributed by atoms with Crippen molar-refractivity contribution in [2.45, 2.75) is 38.6 Å². The first kappa shape index (κ1) is 13.9. The highest BCUT2D eigenvalue weighted by molar-refractivity contribution is 5.79. The summed E-state index contributed by atoms with van der Waals surface area (Å²) in [5.74, 6) is 0.0889. The molecule has 0 bridgehead atoms. The second-order valence-electron chi connectivity index (χ2n) is 5.79. The molecule has 21 heavy (non-hydrogen) atoms. The number of nitrogens with zero attached hydrogens (tertiary/aromatic N) is 2. The van der Waals surface area contributed by atoms with E-state index in [0.29, 0.717) is 6.42 Å². The first-order valence-corrected chi connectivity index (χ1v) is 7.50. The molecule has 1 aromatic heterocycles. The van der Waals surface area contributed by atoms with E-state index in [1.54, 1.807) is 0 Å². The van der Waals surface area contributed by atoms with Gasteiger partial charge in [0.2, 0.25) is 5.91 Å². The lowest BCUT2D eigenvalue weighted by molar-refractivity contribution is -0.121. The molecule has 1 heterocycles. The van der Waals surface area contributed by atoms with Crippen molar-refractivity contribution in [2.75, 3.05) is 0 Å². The van der Waals surface area contributed by atoms with Crippen molar-refractivity contribution >= 4 is 5.91 Å². The summed E-state index contributed by atoms with van der Waals surface area (Å²) < 4.78 is 1.93. The molecule has 1 N–H and O–H groups in total. The minimum atomic E-state index is 0.0889. The van der Waals surface area contributed by atoms with Crippen molar-refractivity contribution in [2.24, 2.45) is 7.05 Å². The summed E-state index contributed by atoms with van der Waals surface area (Å²) in [5, 5.41) is 7.49. The monoisotopic (exact) mass is 283 g/mol. The lowest BCUT2D eigenvalue weighted by atomic mass is 9.92. The van der Waals surface area contributed by atoms with Gasteiger partial charge in [-0.05, 0) is 37.3 Å². The average Bonchev–Trinajstić information content (AvgIpc) is 2.84. The minimum Gasteiger partial charge on any atom is -0.349 e. The molecule has 1 aliphatic carbocycles. The SMILES string of the molecule is Cc1ccccc1CC(=O)NC1CCCc2c1cnn2C. The Balaban J connectivity index is 1.70. The first-order chi connectivity index (χ1) is 10.1. The smallest absolute Gasteiger partial charge is 0.224 e. The number of aryl methyl sites for hydroxylation is 2. The van der Waals surface area contributed by atoms with Gasteiger partial charge in [-0.2, -0.15) is 5.10 Å². The van der Waals surface area contributed by atoms with Gasteiger partial charge >= 0.3 is 0 Å². The molecular weight excluding hydrogens is 262 g/mol. The molecule has 0 radical (unpaired) electrons. The number of carbonyl (C=O) groups is 1. The molecule has 0 fully saturated rings. The normalized spacial score (nSPS) is 17.3. The molecule has 0 saturated heterocycles. The molecule has 1 aliphatic rings. The third-order valence-electron chi connectivity index (χ3n) is 4.32. The highest BCUT2D eigenvalue weighted by Crippen LogP contribution is 2.29. The predicted molar refractivity (Wildman–Crippen MR) is 81.9 cm³/mol. The Kier molecular flexibility index (Phi) is 3.78. The largest absolute Gasteiger partial charge is 0.349 e. The van der Waals surface area contributed by atoms with Crippen LogP contribution in [0.3, 0.4) is 0 Å². The zero-order chi connectivity index (χ0) is 14.8. The highest BCUT2D eigenvalue weighted by Gasteiger charge is 2.24. The van der Waals surface area contributed by atoms with Crippen LogP contribution < -0.4 is 5.32 Å². The number of hydrogen-bond donors (Lipinski definition) is 1. The molecule has 0 aliphatic heterocycles. The maximum absolute atomic E-state index is 12.3. The van der Waals surface area contributed by atoms with Gasteiger partial charge in [0.25, 0.3) is 0 Å². The maximum atomic E-state index is 12.3. The number of amides is 1. The van der Waals surface area contributed by atoms with Gasteiger partial charge in [0, 0.05) is 18.3 Å². The van der Waals surface area contributed by atoms with E-state index in [4.69, 9.17) is 0 Å². The van der Waals surface area contributed by atoms with Gasteiger partial charge in [-0.1, -0.05) is 24.3 Å². The van der Waals surface area contributed by atoms with Gasteiger partial charge < -0.3 is 5.32 Å². The van der Waals surface area contributed by atoms with Gasteiger partial charge in [-0.25, -0.2) is 0 Å². The topological polar surface area (TPSA) is 46.9 Å². The van der Waals surface area contributed by atoms with Crippen molar-refractivity contribution in [3.63, 3.8) is 0 Å². The minimum absolute atomic E-state index is 0.0889. The fourth-order valence-corrected chi connectivity index (χ4v) is 3.08. The Hall–Kier alpha value is -2.10. The Morgan fingerprint density at radius 1 is 1.43 bits per heavy atom. The molecular formula is C17H21N3O. The molecule has 1 amide bonds. The average molecular weight is 283 g/mol. The molecule has 4 heteroatoms. The van der Waals surface area contributed by atoms with E-state index in [2.05, 4.69) is 10.4 Å². The highest BCUT2D eigenvalue weighted by atomic mass is 16.1. The fraction of sp³-hybridized carbons (Fsp3) is 0.412. The standard InChI is InChI=1S/C17H21N3O/c1-12-6-3-4-7-13(12)10-17(21)19-15-8-5-9-16-14(15)11-18-20(16)2/h3-4,6-7,11,15H,5,8-10H2,1-2H3,(H,19,21). The van der Waals surface area contributed by atoms with E-state index in [9.17, 15) is 4.79 Å². The van der Waals surface area contributed by atoms with E-state index in [0.717, 1.165) is 24.8 Å². The summed E-state index contributed by atoms with van der Waals surface area (Å²) in [4.78, 5) is 12.3. The van der Waals surface area contributed by atoms with Crippen LogP contribution in [0.4, 0.5) is 0 Å². The van der Waals surface area contributed by atoms with Crippen LogP contribution >= 0.6 is 0 Å². The zero-order valence-electron chi connectivity index (χ0n) is 12.6. The summed E-state index contributed by atoms with van der Waals surface area (Å²) in [6.45, 7) is 2.04. The lowest BCUT2D eigenvalue weighted by Gasteiger charge is -2.24. The van der Waals surface area contributed by atoms with Crippen LogP contribution in [0.1, 0.15) is 41.3 Å². The van der Waals surface area contributed by atoms with Crippen LogP contribution in [0, 0.1) is 6.92 Å². The summed E-state index contributed by atoms with van der Waals surface area (Å²) in [6.07, 6.45) is 5.49. The van der Waals surface area contributed by atoms with Crippen LogP contribution in [-0.2, 0) is 24.7 Å². The number of hydrogen-bond acceptors (Lipinski definition) is 2. The molecule has 0 saturated carbocycles. The Labute approximate surface area is 125 Å². The number of nitrogens with one attached hydrogen (secondary N) is 1. The van der Waals surface area contributed by atoms with Crippen LogP contribution in [0.2, 0.25) is 0 Å². The number of aromatic nitrogens is 2. The van der Waals surface area contributed by atoms with Gasteiger partial charge in [0.05, 0.1) is 18.7 Å². The number of carbonyl (C=O) groups excluding carboxylic acids is 1. The fourth-order valence-electron chi connectivity index (χ4n) is 3.08. The predicted octanol–water partition coefficient (Wildman–Crippen LogP) is 2.46. The van der Waals surface area contributed by atoms with Crippen molar-refractivity contribution < 1.29 is 4.79 Å². The maximum Gasteiger partial charge on any atom is 0.224 e. The van der Waals surface area contributed by atoms with E-state index >= 15 is 0 Å². The van der Waals surface area contributed by atoms with Gasteiger partial charge in [-0.3, -0.25) is 9.48 Å². The molecule has 1 aromatic carbocycles.